The summed E-state index contributed by atoms with van der Waals surface area (Å²) in [7, 11) is 2.00. The summed E-state index contributed by atoms with van der Waals surface area (Å²) in [4.78, 5) is 13.2. The van der Waals surface area contributed by atoms with E-state index >= 15 is 0 Å². The Kier molecular flexibility index (Phi) is 4.46. The van der Waals surface area contributed by atoms with E-state index in [1.807, 2.05) is 14.0 Å². The number of hydrogen-bond donors (Lipinski definition) is 0. The highest BCUT2D eigenvalue weighted by atomic mass is 16.1. The van der Waals surface area contributed by atoms with Crippen LogP contribution in [0.4, 0.5) is 0 Å². The molecule has 0 rings (SSSR count). The summed E-state index contributed by atoms with van der Waals surface area (Å²) in [6.45, 7) is 10.0. The molecule has 0 unspecified atom stereocenters. The van der Waals surface area contributed by atoms with Gasteiger partial charge in [0.15, 0.2) is 0 Å². The molecule has 0 saturated carbocycles. The predicted octanol–water partition coefficient (Wildman–Crippen LogP) is 1.94. The van der Waals surface area contributed by atoms with Gasteiger partial charge >= 0.3 is 0 Å². The molecule has 0 fully saturated rings. The van der Waals surface area contributed by atoms with Crippen molar-refractivity contribution in [2.45, 2.75) is 34.1 Å². The van der Waals surface area contributed by atoms with Crippen LogP contribution in [0, 0.1) is 5.41 Å². The first-order valence-corrected chi connectivity index (χ1v) is 4.55. The zero-order valence-electron chi connectivity index (χ0n) is 8.98. The summed E-state index contributed by atoms with van der Waals surface area (Å²) in [6, 6.07) is 0. The van der Waals surface area contributed by atoms with Gasteiger partial charge in [0.1, 0.15) is 5.78 Å². The standard InChI is InChI=1S/C10H21NO/c1-6-9(12)7-11(5)8-10(2,3)4/h6-8H2,1-5H3. The average Bonchev–Trinajstić information content (AvgIpc) is 1.82. The van der Waals surface area contributed by atoms with Crippen molar-refractivity contribution < 1.29 is 4.79 Å². The lowest BCUT2D eigenvalue weighted by Crippen LogP contribution is -2.33. The van der Waals surface area contributed by atoms with E-state index in [4.69, 9.17) is 0 Å². The van der Waals surface area contributed by atoms with Crippen molar-refractivity contribution in [1.29, 1.82) is 0 Å². The minimum Gasteiger partial charge on any atom is -0.299 e. The second-order valence-electron chi connectivity index (χ2n) is 4.63. The van der Waals surface area contributed by atoms with Crippen molar-refractivity contribution in [1.82, 2.24) is 4.90 Å². The number of hydrogen-bond acceptors (Lipinski definition) is 2. The first kappa shape index (κ1) is 11.6. The smallest absolute Gasteiger partial charge is 0.146 e. The number of rotatable bonds is 4. The Morgan fingerprint density at radius 1 is 1.33 bits per heavy atom. The summed E-state index contributed by atoms with van der Waals surface area (Å²) in [6.07, 6.45) is 0.647. The molecule has 2 nitrogen and oxygen atoms in total. The lowest BCUT2D eigenvalue weighted by molar-refractivity contribution is -0.119. The summed E-state index contributed by atoms with van der Waals surface area (Å²) in [5.74, 6) is 0.321. The molecule has 0 aromatic carbocycles. The largest absolute Gasteiger partial charge is 0.299 e. The Labute approximate surface area is 75.9 Å². The van der Waals surface area contributed by atoms with Crippen molar-refractivity contribution in [3.05, 3.63) is 0 Å². The molecule has 0 spiro atoms. The molecule has 0 bridgehead atoms. The van der Waals surface area contributed by atoms with Gasteiger partial charge in [-0.2, -0.15) is 0 Å². The van der Waals surface area contributed by atoms with Crippen LogP contribution in [0.25, 0.3) is 0 Å². The van der Waals surface area contributed by atoms with E-state index in [1.165, 1.54) is 0 Å². The molecule has 0 N–H and O–H groups in total. The van der Waals surface area contributed by atoms with Gasteiger partial charge in [-0.3, -0.25) is 9.69 Å². The molecule has 0 saturated heterocycles. The topological polar surface area (TPSA) is 20.3 Å². The van der Waals surface area contributed by atoms with Crippen molar-refractivity contribution in [2.24, 2.45) is 5.41 Å². The Morgan fingerprint density at radius 2 is 1.83 bits per heavy atom. The summed E-state index contributed by atoms with van der Waals surface area (Å²) in [5, 5.41) is 0. The molecule has 12 heavy (non-hydrogen) atoms. The minimum absolute atomic E-state index is 0.281. The minimum atomic E-state index is 0.281. The third-order valence-corrected chi connectivity index (χ3v) is 1.58. The van der Waals surface area contributed by atoms with E-state index in [1.54, 1.807) is 0 Å². The number of carbonyl (C=O) groups excluding carboxylic acids is 1. The molecule has 0 aliphatic heterocycles. The van der Waals surface area contributed by atoms with Crippen LogP contribution in [0.3, 0.4) is 0 Å². The van der Waals surface area contributed by atoms with Crippen molar-refractivity contribution in [3.8, 4) is 0 Å². The van der Waals surface area contributed by atoms with Gasteiger partial charge in [0.2, 0.25) is 0 Å². The molecule has 0 atom stereocenters. The maximum Gasteiger partial charge on any atom is 0.146 e. The predicted molar refractivity (Wildman–Crippen MR) is 52.3 cm³/mol. The fourth-order valence-electron chi connectivity index (χ4n) is 1.28. The summed E-state index contributed by atoms with van der Waals surface area (Å²) < 4.78 is 0. The van der Waals surface area contributed by atoms with Crippen LogP contribution in [-0.2, 0) is 4.79 Å². The van der Waals surface area contributed by atoms with Gasteiger partial charge in [-0.1, -0.05) is 27.7 Å². The van der Waals surface area contributed by atoms with Crippen LogP contribution in [0.1, 0.15) is 34.1 Å². The molecule has 0 aliphatic rings. The maximum absolute atomic E-state index is 11.1. The van der Waals surface area contributed by atoms with Gasteiger partial charge in [0, 0.05) is 13.0 Å². The van der Waals surface area contributed by atoms with Crippen molar-refractivity contribution >= 4 is 5.78 Å². The number of carbonyl (C=O) groups is 1. The SMILES string of the molecule is CCC(=O)CN(C)CC(C)(C)C. The highest BCUT2D eigenvalue weighted by Crippen LogP contribution is 2.13. The van der Waals surface area contributed by atoms with Crippen LogP contribution in [0.5, 0.6) is 0 Å². The van der Waals surface area contributed by atoms with E-state index in [0.29, 0.717) is 18.7 Å². The van der Waals surface area contributed by atoms with E-state index in [-0.39, 0.29) is 5.41 Å². The lowest BCUT2D eigenvalue weighted by atomic mass is 9.96. The number of Topliss-reactive ketones (excluding diaryl/α,β-unsaturated/α-hetero) is 1. The number of likely N-dealkylation sites (N-methyl/N-ethyl adjacent to an activating group) is 1. The van der Waals surface area contributed by atoms with Crippen LogP contribution in [-0.4, -0.2) is 30.8 Å². The van der Waals surface area contributed by atoms with Crippen molar-refractivity contribution in [2.75, 3.05) is 20.1 Å². The van der Waals surface area contributed by atoms with Crippen LogP contribution in [0.15, 0.2) is 0 Å². The zero-order chi connectivity index (χ0) is 9.78. The Balaban J connectivity index is 3.74. The van der Waals surface area contributed by atoms with Gasteiger partial charge in [-0.15, -0.1) is 0 Å². The molecule has 0 aromatic rings. The monoisotopic (exact) mass is 171 g/mol. The number of nitrogens with zero attached hydrogens (tertiary/aromatic N) is 1. The van der Waals surface area contributed by atoms with Crippen LogP contribution >= 0.6 is 0 Å². The third-order valence-electron chi connectivity index (χ3n) is 1.58. The highest BCUT2D eigenvalue weighted by molar-refractivity contribution is 5.80. The molecule has 0 radical (unpaired) electrons. The third kappa shape index (κ3) is 6.35. The fraction of sp³-hybridized carbons (Fsp3) is 0.900. The molecule has 2 heteroatoms. The Bertz CT molecular complexity index is 146. The van der Waals surface area contributed by atoms with Crippen LogP contribution in [0.2, 0.25) is 0 Å². The second-order valence-corrected chi connectivity index (χ2v) is 4.63. The molecule has 0 aromatic heterocycles. The second kappa shape index (κ2) is 4.61. The molecular formula is C10H21NO. The normalized spacial score (nSPS) is 12.2. The van der Waals surface area contributed by atoms with Gasteiger partial charge in [0.05, 0.1) is 6.54 Å². The summed E-state index contributed by atoms with van der Waals surface area (Å²) >= 11 is 0. The van der Waals surface area contributed by atoms with Gasteiger partial charge < -0.3 is 0 Å². The Morgan fingerprint density at radius 3 is 2.17 bits per heavy atom. The van der Waals surface area contributed by atoms with E-state index in [9.17, 15) is 4.79 Å². The fourth-order valence-corrected chi connectivity index (χ4v) is 1.28. The van der Waals surface area contributed by atoms with Crippen LogP contribution < -0.4 is 0 Å². The highest BCUT2D eigenvalue weighted by Gasteiger charge is 2.14. The van der Waals surface area contributed by atoms with E-state index in [2.05, 4.69) is 25.7 Å². The lowest BCUT2D eigenvalue weighted by Gasteiger charge is -2.25. The first-order valence-electron chi connectivity index (χ1n) is 4.55. The average molecular weight is 171 g/mol. The number of ketones is 1. The van der Waals surface area contributed by atoms with E-state index in [0.717, 1.165) is 6.54 Å². The van der Waals surface area contributed by atoms with Gasteiger partial charge in [-0.25, -0.2) is 0 Å². The molecule has 0 aliphatic carbocycles. The van der Waals surface area contributed by atoms with Gasteiger partial charge in [0.25, 0.3) is 0 Å². The Hall–Kier alpha value is -0.370. The molecule has 0 heterocycles. The quantitative estimate of drug-likeness (QED) is 0.644. The van der Waals surface area contributed by atoms with Gasteiger partial charge in [-0.05, 0) is 12.5 Å². The first-order chi connectivity index (χ1) is 5.35. The summed E-state index contributed by atoms with van der Waals surface area (Å²) in [5.41, 5.74) is 0.281. The van der Waals surface area contributed by atoms with E-state index < -0.39 is 0 Å². The molecular weight excluding hydrogens is 150 g/mol. The van der Waals surface area contributed by atoms with Crippen molar-refractivity contribution in [3.63, 3.8) is 0 Å². The zero-order valence-corrected chi connectivity index (χ0v) is 8.98. The molecule has 72 valence electrons. The maximum atomic E-state index is 11.1. The molecule has 0 amide bonds.